The van der Waals surface area contributed by atoms with Gasteiger partial charge in [-0.1, -0.05) is 0 Å². The van der Waals surface area contributed by atoms with E-state index in [1.54, 1.807) is 13.8 Å². The lowest BCUT2D eigenvalue weighted by Crippen LogP contribution is -2.48. The number of carbonyl (C=O) groups is 2. The summed E-state index contributed by atoms with van der Waals surface area (Å²) in [5, 5.41) is 11.1. The highest BCUT2D eigenvalue weighted by Gasteiger charge is 2.37. The maximum absolute atomic E-state index is 11.1. The number of hydrogen-bond acceptors (Lipinski definition) is 3. The van der Waals surface area contributed by atoms with Crippen LogP contribution in [0.4, 0.5) is 4.79 Å². The van der Waals surface area contributed by atoms with Gasteiger partial charge >= 0.3 is 6.03 Å². The molecule has 1 fully saturated rings. The van der Waals surface area contributed by atoms with Gasteiger partial charge in [-0.2, -0.15) is 0 Å². The highest BCUT2D eigenvalue weighted by atomic mass is 16.3. The summed E-state index contributed by atoms with van der Waals surface area (Å²) < 4.78 is 0. The fourth-order valence-electron chi connectivity index (χ4n) is 1.02. The molecule has 1 aliphatic heterocycles. The molecule has 1 aliphatic rings. The number of nitrogens with zero attached hydrogens (tertiary/aromatic N) is 1. The zero-order chi connectivity index (χ0) is 9.35. The Morgan fingerprint density at radius 1 is 1.58 bits per heavy atom. The van der Waals surface area contributed by atoms with Crippen LogP contribution >= 0.6 is 0 Å². The van der Waals surface area contributed by atoms with E-state index in [4.69, 9.17) is 5.11 Å². The number of rotatable bonds is 2. The minimum absolute atomic E-state index is 0.0341. The van der Waals surface area contributed by atoms with Gasteiger partial charge in [0, 0.05) is 0 Å². The monoisotopic (exact) mass is 172 g/mol. The van der Waals surface area contributed by atoms with Gasteiger partial charge in [0.25, 0.3) is 0 Å². The second-order valence-corrected chi connectivity index (χ2v) is 3.41. The molecule has 0 aromatic heterocycles. The maximum Gasteiger partial charge on any atom is 0.325 e. The van der Waals surface area contributed by atoms with Crippen LogP contribution in [0, 0.1) is 0 Å². The van der Waals surface area contributed by atoms with E-state index in [1.165, 1.54) is 4.90 Å². The van der Waals surface area contributed by atoms with Gasteiger partial charge in [0.2, 0.25) is 5.91 Å². The van der Waals surface area contributed by atoms with Gasteiger partial charge in [-0.3, -0.25) is 10.1 Å². The lowest BCUT2D eigenvalue weighted by Gasteiger charge is -2.31. The number of urea groups is 1. The lowest BCUT2D eigenvalue weighted by molar-refractivity contribution is -0.118. The Hall–Kier alpha value is -1.10. The molecule has 1 heterocycles. The van der Waals surface area contributed by atoms with Gasteiger partial charge in [0.05, 0.1) is 12.1 Å². The summed E-state index contributed by atoms with van der Waals surface area (Å²) in [6.07, 6.45) is 0. The first-order valence-electron chi connectivity index (χ1n) is 3.70. The van der Waals surface area contributed by atoms with Gasteiger partial charge in [0.15, 0.2) is 0 Å². The third-order valence-electron chi connectivity index (χ3n) is 1.91. The Kier molecular flexibility index (Phi) is 2.06. The SMILES string of the molecule is CC(C)(CO)N1CC(=O)NC1=O. The molecule has 0 unspecified atom stereocenters. The average molecular weight is 172 g/mol. The molecule has 5 nitrogen and oxygen atoms in total. The van der Waals surface area contributed by atoms with E-state index < -0.39 is 11.6 Å². The van der Waals surface area contributed by atoms with Crippen LogP contribution in [0.25, 0.3) is 0 Å². The molecule has 1 rings (SSSR count). The molecule has 0 aliphatic carbocycles. The van der Waals surface area contributed by atoms with Crippen molar-refractivity contribution in [1.82, 2.24) is 10.2 Å². The Morgan fingerprint density at radius 3 is 2.50 bits per heavy atom. The van der Waals surface area contributed by atoms with E-state index in [1.807, 2.05) is 0 Å². The first-order valence-corrected chi connectivity index (χ1v) is 3.70. The normalized spacial score (nSPS) is 18.4. The fourth-order valence-corrected chi connectivity index (χ4v) is 1.02. The molecule has 3 amide bonds. The van der Waals surface area contributed by atoms with Crippen LogP contribution in [-0.4, -0.2) is 40.6 Å². The van der Waals surface area contributed by atoms with Crippen molar-refractivity contribution in [2.45, 2.75) is 19.4 Å². The molecule has 5 heteroatoms. The van der Waals surface area contributed by atoms with Crippen LogP contribution < -0.4 is 5.32 Å². The molecule has 0 atom stereocenters. The molecule has 12 heavy (non-hydrogen) atoms. The topological polar surface area (TPSA) is 69.6 Å². The van der Waals surface area contributed by atoms with Crippen molar-refractivity contribution in [3.8, 4) is 0 Å². The first-order chi connectivity index (χ1) is 5.47. The summed E-state index contributed by atoms with van der Waals surface area (Å²) in [7, 11) is 0. The van der Waals surface area contributed by atoms with Crippen molar-refractivity contribution in [1.29, 1.82) is 0 Å². The van der Waals surface area contributed by atoms with Gasteiger partial charge in [0.1, 0.15) is 6.54 Å². The summed E-state index contributed by atoms with van der Waals surface area (Å²) in [5.74, 6) is -0.318. The number of hydrogen-bond donors (Lipinski definition) is 2. The Labute approximate surface area is 70.4 Å². The van der Waals surface area contributed by atoms with Gasteiger partial charge < -0.3 is 10.0 Å². The molecule has 0 aromatic carbocycles. The van der Waals surface area contributed by atoms with E-state index in [0.717, 1.165) is 0 Å². The highest BCUT2D eigenvalue weighted by molar-refractivity contribution is 6.02. The minimum atomic E-state index is -0.670. The van der Waals surface area contributed by atoms with Crippen LogP contribution in [0.5, 0.6) is 0 Å². The molecule has 1 saturated heterocycles. The summed E-state index contributed by atoms with van der Waals surface area (Å²) >= 11 is 0. The van der Waals surface area contributed by atoms with Crippen LogP contribution in [0.2, 0.25) is 0 Å². The Bertz CT molecular complexity index is 225. The molecule has 0 spiro atoms. The predicted molar refractivity (Wildman–Crippen MR) is 41.4 cm³/mol. The van der Waals surface area contributed by atoms with Crippen molar-refractivity contribution in [3.63, 3.8) is 0 Å². The van der Waals surface area contributed by atoms with Crippen molar-refractivity contribution >= 4 is 11.9 Å². The molecule has 2 N–H and O–H groups in total. The molecule has 68 valence electrons. The number of aliphatic hydroxyl groups is 1. The molecule has 0 saturated carbocycles. The van der Waals surface area contributed by atoms with Crippen LogP contribution in [0.15, 0.2) is 0 Å². The molecular weight excluding hydrogens is 160 g/mol. The van der Waals surface area contributed by atoms with E-state index in [0.29, 0.717) is 0 Å². The van der Waals surface area contributed by atoms with E-state index in [2.05, 4.69) is 5.32 Å². The van der Waals surface area contributed by atoms with Crippen LogP contribution in [-0.2, 0) is 4.79 Å². The Morgan fingerprint density at radius 2 is 2.17 bits per heavy atom. The smallest absolute Gasteiger partial charge is 0.325 e. The second kappa shape index (κ2) is 2.75. The quantitative estimate of drug-likeness (QED) is 0.541. The Balaban J connectivity index is 2.76. The predicted octanol–water partition coefficient (Wildman–Crippen LogP) is -0.691. The molecule has 0 bridgehead atoms. The van der Waals surface area contributed by atoms with Crippen molar-refractivity contribution in [2.75, 3.05) is 13.2 Å². The number of aliphatic hydroxyl groups excluding tert-OH is 1. The standard InChI is InChI=1S/C7H12N2O3/c1-7(2,4-10)9-3-5(11)8-6(9)12/h10H,3-4H2,1-2H3,(H,8,11,12). The van der Waals surface area contributed by atoms with Gasteiger partial charge in [-0.05, 0) is 13.8 Å². The molecule has 0 aromatic rings. The number of carbonyl (C=O) groups excluding carboxylic acids is 2. The van der Waals surface area contributed by atoms with Crippen molar-refractivity contribution < 1.29 is 14.7 Å². The third-order valence-corrected chi connectivity index (χ3v) is 1.91. The van der Waals surface area contributed by atoms with Crippen molar-refractivity contribution in [2.24, 2.45) is 0 Å². The fraction of sp³-hybridized carbons (Fsp3) is 0.714. The van der Waals surface area contributed by atoms with E-state index in [9.17, 15) is 9.59 Å². The van der Waals surface area contributed by atoms with Crippen LogP contribution in [0.3, 0.4) is 0 Å². The second-order valence-electron chi connectivity index (χ2n) is 3.41. The van der Waals surface area contributed by atoms with Gasteiger partial charge in [-0.25, -0.2) is 4.79 Å². The summed E-state index contributed by atoms with van der Waals surface area (Å²) in [5.41, 5.74) is -0.670. The largest absolute Gasteiger partial charge is 0.394 e. The summed E-state index contributed by atoms with van der Waals surface area (Å²) in [4.78, 5) is 23.2. The first kappa shape index (κ1) is 8.99. The summed E-state index contributed by atoms with van der Waals surface area (Å²) in [6, 6.07) is -0.431. The number of nitrogens with one attached hydrogen (secondary N) is 1. The average Bonchev–Trinajstić information content (AvgIpc) is 2.31. The number of amides is 3. The minimum Gasteiger partial charge on any atom is -0.394 e. The summed E-state index contributed by atoms with van der Waals surface area (Å²) in [6.45, 7) is 3.27. The molecule has 0 radical (unpaired) electrons. The van der Waals surface area contributed by atoms with Gasteiger partial charge in [-0.15, -0.1) is 0 Å². The molecular formula is C7H12N2O3. The van der Waals surface area contributed by atoms with Crippen LogP contribution in [0.1, 0.15) is 13.8 Å². The highest BCUT2D eigenvalue weighted by Crippen LogP contribution is 2.15. The van der Waals surface area contributed by atoms with E-state index in [-0.39, 0.29) is 19.1 Å². The number of imide groups is 1. The van der Waals surface area contributed by atoms with E-state index >= 15 is 0 Å². The zero-order valence-electron chi connectivity index (χ0n) is 7.13. The lowest BCUT2D eigenvalue weighted by atomic mass is 10.1. The zero-order valence-corrected chi connectivity index (χ0v) is 7.13. The van der Waals surface area contributed by atoms with Crippen molar-refractivity contribution in [3.05, 3.63) is 0 Å². The maximum atomic E-state index is 11.1. The third kappa shape index (κ3) is 1.40.